The molecule has 2 amide bonds. The number of nitrogens with one attached hydrogen (secondary N) is 2. The molecule has 1 aliphatic heterocycles. The van der Waals surface area contributed by atoms with Gasteiger partial charge in [0.2, 0.25) is 5.82 Å². The van der Waals surface area contributed by atoms with Crippen LogP contribution in [0.1, 0.15) is 16.1 Å². The lowest BCUT2D eigenvalue weighted by Crippen LogP contribution is -2.49. The van der Waals surface area contributed by atoms with Crippen molar-refractivity contribution in [3.63, 3.8) is 0 Å². The number of alkyl halides is 1. The summed E-state index contributed by atoms with van der Waals surface area (Å²) in [6.45, 7) is -0.916. The first-order valence-corrected chi connectivity index (χ1v) is 7.08. The molecule has 0 aliphatic carbocycles. The summed E-state index contributed by atoms with van der Waals surface area (Å²) in [7, 11) is 1.49. The van der Waals surface area contributed by atoms with Crippen molar-refractivity contribution in [1.82, 2.24) is 15.2 Å². The Morgan fingerprint density at radius 1 is 1.62 bits per heavy atom. The Kier molecular flexibility index (Phi) is 5.11. The number of amides is 2. The number of fused-ring (bicyclic) bond motifs is 1. The number of halogens is 1. The molecule has 2 heterocycles. The predicted molar refractivity (Wildman–Crippen MR) is 81.0 cm³/mol. The normalized spacial score (nSPS) is 14.8. The minimum Gasteiger partial charge on any atom is -0.465 e. The first-order valence-electron chi connectivity index (χ1n) is 7.08. The molecule has 10 nitrogen and oxygen atoms in total. The van der Waals surface area contributed by atoms with E-state index in [0.29, 0.717) is 12.1 Å². The molecule has 130 valence electrons. The van der Waals surface area contributed by atoms with Crippen LogP contribution >= 0.6 is 0 Å². The summed E-state index contributed by atoms with van der Waals surface area (Å²) in [5, 5.41) is 24.3. The van der Waals surface area contributed by atoms with Gasteiger partial charge in [-0.05, 0) is 0 Å². The lowest BCUT2D eigenvalue weighted by atomic mass is 10.0. The van der Waals surface area contributed by atoms with Crippen LogP contribution in [0.25, 0.3) is 0 Å². The number of carbonyl (C=O) groups is 2. The average molecular weight is 341 g/mol. The molecule has 1 aromatic rings. The molecule has 1 aliphatic rings. The Morgan fingerprint density at radius 2 is 2.33 bits per heavy atom. The van der Waals surface area contributed by atoms with Crippen molar-refractivity contribution in [2.75, 3.05) is 32.1 Å². The fraction of sp³-hybridized carbons (Fsp3) is 0.462. The smallest absolute Gasteiger partial charge is 0.405 e. The molecule has 3 N–H and O–H groups in total. The molecule has 0 saturated carbocycles. The van der Waals surface area contributed by atoms with Gasteiger partial charge in [-0.2, -0.15) is 0 Å². The maximum Gasteiger partial charge on any atom is 0.405 e. The van der Waals surface area contributed by atoms with Gasteiger partial charge in [0.05, 0.1) is 22.2 Å². The molecule has 2 rings (SSSR count). The van der Waals surface area contributed by atoms with Gasteiger partial charge in [0.25, 0.3) is 5.91 Å². The van der Waals surface area contributed by atoms with E-state index in [0.717, 1.165) is 6.07 Å². The minimum atomic E-state index is -1.39. The number of carboxylic acid groups (broad SMARTS) is 1. The van der Waals surface area contributed by atoms with Crippen LogP contribution in [0.3, 0.4) is 0 Å². The van der Waals surface area contributed by atoms with E-state index >= 15 is 0 Å². The predicted octanol–water partition coefficient (Wildman–Crippen LogP) is 0.636. The zero-order valence-corrected chi connectivity index (χ0v) is 12.8. The van der Waals surface area contributed by atoms with Gasteiger partial charge in [0.1, 0.15) is 6.67 Å². The highest BCUT2D eigenvalue weighted by Gasteiger charge is 2.31. The molecule has 0 fully saturated rings. The average Bonchev–Trinajstić information content (AvgIpc) is 2.54. The van der Waals surface area contributed by atoms with Gasteiger partial charge in [0.15, 0.2) is 0 Å². The first kappa shape index (κ1) is 17.4. The third-order valence-corrected chi connectivity index (χ3v) is 3.61. The third-order valence-electron chi connectivity index (χ3n) is 3.61. The van der Waals surface area contributed by atoms with Crippen molar-refractivity contribution in [2.45, 2.75) is 12.5 Å². The number of hydrogen-bond acceptors (Lipinski definition) is 6. The lowest BCUT2D eigenvalue weighted by molar-refractivity contribution is -0.384. The van der Waals surface area contributed by atoms with Gasteiger partial charge >= 0.3 is 11.8 Å². The highest BCUT2D eigenvalue weighted by atomic mass is 19.1. The van der Waals surface area contributed by atoms with Gasteiger partial charge in [-0.3, -0.25) is 14.9 Å². The maximum absolute atomic E-state index is 12.9. The molecule has 0 unspecified atom stereocenters. The van der Waals surface area contributed by atoms with Crippen LogP contribution in [-0.4, -0.2) is 64.8 Å². The SMILES string of the molecule is CNc1nc2c(cc1[N+](=O)[O-])C(=O)N(C[C@@H](CF)NC(=O)O)CC2. The summed E-state index contributed by atoms with van der Waals surface area (Å²) >= 11 is 0. The van der Waals surface area contributed by atoms with Crippen molar-refractivity contribution in [3.05, 3.63) is 27.4 Å². The van der Waals surface area contributed by atoms with Gasteiger partial charge in [0, 0.05) is 32.6 Å². The Bertz CT molecular complexity index is 683. The molecular weight excluding hydrogens is 325 g/mol. The summed E-state index contributed by atoms with van der Waals surface area (Å²) in [5.41, 5.74) is 0.145. The second-order valence-electron chi connectivity index (χ2n) is 5.16. The van der Waals surface area contributed by atoms with Crippen LogP contribution in [-0.2, 0) is 6.42 Å². The molecule has 24 heavy (non-hydrogen) atoms. The highest BCUT2D eigenvalue weighted by molar-refractivity contribution is 5.97. The Balaban J connectivity index is 2.27. The minimum absolute atomic E-state index is 0.0641. The molecule has 0 aromatic carbocycles. The first-order chi connectivity index (χ1) is 11.4. The van der Waals surface area contributed by atoms with E-state index in [1.54, 1.807) is 0 Å². The van der Waals surface area contributed by atoms with Gasteiger partial charge in [-0.25, -0.2) is 14.2 Å². The summed E-state index contributed by atoms with van der Waals surface area (Å²) in [5.74, 6) is -0.477. The van der Waals surface area contributed by atoms with Crippen molar-refractivity contribution >= 4 is 23.5 Å². The molecule has 1 atom stereocenters. The van der Waals surface area contributed by atoms with Crippen LogP contribution in [0.5, 0.6) is 0 Å². The quantitative estimate of drug-likeness (QED) is 0.510. The Labute approximate surface area is 135 Å². The Hall–Kier alpha value is -2.98. The van der Waals surface area contributed by atoms with E-state index < -0.39 is 29.6 Å². The fourth-order valence-corrected chi connectivity index (χ4v) is 2.50. The molecule has 0 spiro atoms. The summed E-state index contributed by atoms with van der Waals surface area (Å²) < 4.78 is 12.9. The number of pyridine rings is 1. The fourth-order valence-electron chi connectivity index (χ4n) is 2.50. The van der Waals surface area contributed by atoms with Crippen molar-refractivity contribution < 1.29 is 24.0 Å². The van der Waals surface area contributed by atoms with E-state index in [-0.39, 0.29) is 30.2 Å². The molecule has 1 aromatic heterocycles. The van der Waals surface area contributed by atoms with Crippen molar-refractivity contribution in [3.8, 4) is 0 Å². The van der Waals surface area contributed by atoms with E-state index in [9.17, 15) is 24.1 Å². The van der Waals surface area contributed by atoms with Gasteiger partial charge < -0.3 is 20.6 Å². The van der Waals surface area contributed by atoms with E-state index in [1.165, 1.54) is 11.9 Å². The van der Waals surface area contributed by atoms with Gasteiger partial charge in [-0.1, -0.05) is 0 Å². The standard InChI is InChI=1S/C13H16FN5O5/c1-15-11-10(19(23)24)4-8-9(17-11)2-3-18(12(8)20)6-7(5-14)16-13(21)22/h4,7,16H,2-3,5-6H2,1H3,(H,15,17)(H,21,22)/t7-/m1/s1. The van der Waals surface area contributed by atoms with Crippen molar-refractivity contribution in [1.29, 1.82) is 0 Å². The van der Waals surface area contributed by atoms with Crippen LogP contribution in [0, 0.1) is 10.1 Å². The van der Waals surface area contributed by atoms with Gasteiger partial charge in [-0.15, -0.1) is 0 Å². The second kappa shape index (κ2) is 7.06. The van der Waals surface area contributed by atoms with Crippen LogP contribution < -0.4 is 10.6 Å². The zero-order valence-electron chi connectivity index (χ0n) is 12.8. The number of aromatic nitrogens is 1. The monoisotopic (exact) mass is 341 g/mol. The van der Waals surface area contributed by atoms with E-state index in [1.807, 2.05) is 5.32 Å². The lowest BCUT2D eigenvalue weighted by Gasteiger charge is -2.30. The summed E-state index contributed by atoms with van der Waals surface area (Å²) in [6.07, 6.45) is -1.06. The third kappa shape index (κ3) is 3.50. The molecule has 11 heteroatoms. The zero-order chi connectivity index (χ0) is 17.9. The number of nitro groups is 1. The van der Waals surface area contributed by atoms with Crippen molar-refractivity contribution in [2.24, 2.45) is 0 Å². The van der Waals surface area contributed by atoms with E-state index in [4.69, 9.17) is 5.11 Å². The number of hydrogen-bond donors (Lipinski definition) is 3. The van der Waals surface area contributed by atoms with Crippen LogP contribution in [0.2, 0.25) is 0 Å². The molecular formula is C13H16FN5O5. The maximum atomic E-state index is 12.9. The highest BCUT2D eigenvalue weighted by Crippen LogP contribution is 2.28. The second-order valence-corrected chi connectivity index (χ2v) is 5.16. The summed E-state index contributed by atoms with van der Waals surface area (Å²) in [6, 6.07) is 0.0742. The number of carbonyl (C=O) groups excluding carboxylic acids is 1. The Morgan fingerprint density at radius 3 is 2.88 bits per heavy atom. The number of nitrogens with zero attached hydrogens (tertiary/aromatic N) is 3. The molecule has 0 saturated heterocycles. The molecule has 0 radical (unpaired) electrons. The van der Waals surface area contributed by atoms with Crippen LogP contribution in [0.15, 0.2) is 6.07 Å². The topological polar surface area (TPSA) is 138 Å². The van der Waals surface area contributed by atoms with Crippen LogP contribution in [0.4, 0.5) is 20.7 Å². The number of rotatable bonds is 6. The molecule has 0 bridgehead atoms. The van der Waals surface area contributed by atoms with E-state index in [2.05, 4.69) is 10.3 Å². The largest absolute Gasteiger partial charge is 0.465 e. The summed E-state index contributed by atoms with van der Waals surface area (Å²) in [4.78, 5) is 38.9. The number of anilines is 1.